The number of carbonyl (C=O) groups excluding carboxylic acids is 1. The lowest BCUT2D eigenvalue weighted by atomic mass is 10.2. The van der Waals surface area contributed by atoms with Crippen LogP contribution in [-0.2, 0) is 14.8 Å². The summed E-state index contributed by atoms with van der Waals surface area (Å²) in [5.41, 5.74) is 4.01. The molecule has 2 heterocycles. The average Bonchev–Trinajstić information content (AvgIpc) is 3.01. The van der Waals surface area contributed by atoms with E-state index in [0.29, 0.717) is 18.8 Å². The van der Waals surface area contributed by atoms with Crippen molar-refractivity contribution >= 4 is 27.7 Å². The second-order valence-corrected chi connectivity index (χ2v) is 10.4. The number of para-hydroxylation sites is 1. The van der Waals surface area contributed by atoms with Gasteiger partial charge in [0.05, 0.1) is 16.3 Å². The van der Waals surface area contributed by atoms with Crippen molar-refractivity contribution in [1.82, 2.24) is 14.1 Å². The van der Waals surface area contributed by atoms with Crippen molar-refractivity contribution in [2.75, 3.05) is 18.4 Å². The summed E-state index contributed by atoms with van der Waals surface area (Å²) < 4.78 is 29.5. The van der Waals surface area contributed by atoms with Gasteiger partial charge in [0.2, 0.25) is 15.9 Å². The first-order valence-electron chi connectivity index (χ1n) is 11.6. The zero-order valence-corrected chi connectivity index (χ0v) is 20.4. The van der Waals surface area contributed by atoms with Crippen molar-refractivity contribution in [2.45, 2.75) is 44.4 Å². The van der Waals surface area contributed by atoms with Crippen LogP contribution in [0, 0.1) is 13.8 Å². The Labute approximate surface area is 201 Å². The number of sulfonamides is 1. The van der Waals surface area contributed by atoms with Crippen LogP contribution in [0.1, 0.15) is 42.6 Å². The van der Waals surface area contributed by atoms with E-state index >= 15 is 0 Å². The Balaban J connectivity index is 1.48. The monoisotopic (exact) mass is 478 g/mol. The summed E-state index contributed by atoms with van der Waals surface area (Å²) in [7, 11) is -3.58. The molecule has 8 heteroatoms. The van der Waals surface area contributed by atoms with E-state index in [1.165, 1.54) is 12.1 Å². The fraction of sp³-hybridized carbons (Fsp3) is 0.308. The maximum Gasteiger partial charge on any atom is 0.248 e. The molecule has 4 rings (SSSR count). The molecule has 0 atom stereocenters. The lowest BCUT2D eigenvalue weighted by Crippen LogP contribution is -2.32. The van der Waals surface area contributed by atoms with E-state index in [1.54, 1.807) is 28.6 Å². The summed E-state index contributed by atoms with van der Waals surface area (Å²) in [5.74, 6) is -0.337. The highest BCUT2D eigenvalue weighted by molar-refractivity contribution is 7.89. The Hall–Kier alpha value is -3.23. The first-order chi connectivity index (χ1) is 16.4. The molecule has 7 nitrogen and oxygen atoms in total. The van der Waals surface area contributed by atoms with Crippen molar-refractivity contribution in [1.29, 1.82) is 0 Å². The van der Waals surface area contributed by atoms with E-state index in [1.807, 2.05) is 48.9 Å². The van der Waals surface area contributed by atoms with Crippen molar-refractivity contribution in [3.05, 3.63) is 77.6 Å². The van der Waals surface area contributed by atoms with Gasteiger partial charge in [-0.25, -0.2) is 13.1 Å². The predicted octanol–water partition coefficient (Wildman–Crippen LogP) is 4.71. The zero-order valence-electron chi connectivity index (χ0n) is 19.6. The number of aryl methyl sites for hydroxylation is 1. The molecule has 1 aliphatic rings. The number of carbonyl (C=O) groups is 1. The van der Waals surface area contributed by atoms with Crippen LogP contribution < -0.4 is 5.32 Å². The molecule has 0 unspecified atom stereocenters. The van der Waals surface area contributed by atoms with Crippen molar-refractivity contribution in [3.63, 3.8) is 0 Å². The quantitative estimate of drug-likeness (QED) is 0.520. The highest BCUT2D eigenvalue weighted by Gasteiger charge is 2.25. The van der Waals surface area contributed by atoms with E-state index < -0.39 is 10.0 Å². The minimum absolute atomic E-state index is 0.201. The van der Waals surface area contributed by atoms with Crippen LogP contribution in [0.4, 0.5) is 5.69 Å². The second kappa shape index (κ2) is 10.4. The molecule has 0 spiro atoms. The van der Waals surface area contributed by atoms with E-state index in [2.05, 4.69) is 10.4 Å². The van der Waals surface area contributed by atoms with E-state index in [4.69, 9.17) is 0 Å². The van der Waals surface area contributed by atoms with Crippen LogP contribution >= 0.6 is 0 Å². The number of rotatable bonds is 6. The fourth-order valence-electron chi connectivity index (χ4n) is 4.22. The van der Waals surface area contributed by atoms with Crippen molar-refractivity contribution < 1.29 is 13.2 Å². The van der Waals surface area contributed by atoms with Gasteiger partial charge in [-0.05, 0) is 63.1 Å². The summed E-state index contributed by atoms with van der Waals surface area (Å²) in [5, 5.41) is 7.38. The SMILES string of the molecule is Cc1nn(-c2ccccc2)c(C)c1/C=C/C(=O)Nc1cccc(S(=O)(=O)N2CCCCCC2)c1. The molecule has 1 N–H and O–H groups in total. The molecule has 1 amide bonds. The van der Waals surface area contributed by atoms with Crippen molar-refractivity contribution in [2.24, 2.45) is 0 Å². The van der Waals surface area contributed by atoms with Crippen LogP contribution in [0.3, 0.4) is 0 Å². The molecule has 1 saturated heterocycles. The minimum Gasteiger partial charge on any atom is -0.322 e. The van der Waals surface area contributed by atoms with E-state index in [-0.39, 0.29) is 10.8 Å². The Morgan fingerprint density at radius 2 is 1.68 bits per heavy atom. The first-order valence-corrected chi connectivity index (χ1v) is 13.0. The van der Waals surface area contributed by atoms with Gasteiger partial charge < -0.3 is 5.32 Å². The molecule has 3 aromatic rings. The molecule has 0 aliphatic carbocycles. The topological polar surface area (TPSA) is 84.3 Å². The Morgan fingerprint density at radius 3 is 2.38 bits per heavy atom. The summed E-state index contributed by atoms with van der Waals surface area (Å²) >= 11 is 0. The molecule has 34 heavy (non-hydrogen) atoms. The van der Waals surface area contributed by atoms with Crippen LogP contribution in [0.25, 0.3) is 11.8 Å². The van der Waals surface area contributed by atoms with Crippen LogP contribution in [0.5, 0.6) is 0 Å². The van der Waals surface area contributed by atoms with Gasteiger partial charge in [0.1, 0.15) is 0 Å². The lowest BCUT2D eigenvalue weighted by Gasteiger charge is -2.20. The summed E-state index contributed by atoms with van der Waals surface area (Å²) in [6.07, 6.45) is 7.04. The molecule has 0 bridgehead atoms. The number of benzene rings is 2. The fourth-order valence-corrected chi connectivity index (χ4v) is 5.79. The molecule has 0 saturated carbocycles. The highest BCUT2D eigenvalue weighted by atomic mass is 32.2. The van der Waals surface area contributed by atoms with Crippen LogP contribution in [-0.4, -0.2) is 41.5 Å². The third-order valence-electron chi connectivity index (χ3n) is 6.05. The zero-order chi connectivity index (χ0) is 24.1. The molecule has 178 valence electrons. The summed E-state index contributed by atoms with van der Waals surface area (Å²) in [6.45, 7) is 4.94. The third-order valence-corrected chi connectivity index (χ3v) is 7.95. The number of aromatic nitrogens is 2. The third kappa shape index (κ3) is 5.29. The Morgan fingerprint density at radius 1 is 0.971 bits per heavy atom. The number of hydrogen-bond donors (Lipinski definition) is 1. The normalized spacial score (nSPS) is 15.4. The van der Waals surface area contributed by atoms with E-state index in [0.717, 1.165) is 48.3 Å². The smallest absolute Gasteiger partial charge is 0.248 e. The first kappa shape index (κ1) is 23.9. The molecule has 1 aliphatic heterocycles. The summed E-state index contributed by atoms with van der Waals surface area (Å²) in [4.78, 5) is 12.8. The van der Waals surface area contributed by atoms with Gasteiger partial charge in [0.15, 0.2) is 0 Å². The highest BCUT2D eigenvalue weighted by Crippen LogP contribution is 2.23. The molecule has 1 fully saturated rings. The molecule has 0 radical (unpaired) electrons. The number of anilines is 1. The predicted molar refractivity (Wildman–Crippen MR) is 134 cm³/mol. The number of amides is 1. The van der Waals surface area contributed by atoms with Gasteiger partial charge in [-0.2, -0.15) is 9.40 Å². The molecular weight excluding hydrogens is 448 g/mol. The number of hydrogen-bond acceptors (Lipinski definition) is 4. The van der Waals surface area contributed by atoms with E-state index in [9.17, 15) is 13.2 Å². The van der Waals surface area contributed by atoms with Crippen LogP contribution in [0.2, 0.25) is 0 Å². The second-order valence-electron chi connectivity index (χ2n) is 8.50. The van der Waals surface area contributed by atoms with Gasteiger partial charge in [-0.1, -0.05) is 37.1 Å². The largest absolute Gasteiger partial charge is 0.322 e. The average molecular weight is 479 g/mol. The lowest BCUT2D eigenvalue weighted by molar-refractivity contribution is -0.111. The Kier molecular flexibility index (Phi) is 7.29. The molecule has 2 aromatic carbocycles. The summed E-state index contributed by atoms with van der Waals surface area (Å²) in [6, 6.07) is 16.3. The van der Waals surface area contributed by atoms with Gasteiger partial charge in [0, 0.05) is 36.1 Å². The maximum atomic E-state index is 13.1. The van der Waals surface area contributed by atoms with Gasteiger partial charge in [0.25, 0.3) is 0 Å². The molecule has 1 aromatic heterocycles. The minimum atomic E-state index is -3.58. The van der Waals surface area contributed by atoms with Crippen LogP contribution in [0.15, 0.2) is 65.6 Å². The number of nitrogens with one attached hydrogen (secondary N) is 1. The number of nitrogens with zero attached hydrogens (tertiary/aromatic N) is 3. The molecular formula is C26H30N4O3S. The maximum absolute atomic E-state index is 13.1. The van der Waals surface area contributed by atoms with Crippen molar-refractivity contribution in [3.8, 4) is 5.69 Å². The van der Waals surface area contributed by atoms with Gasteiger partial charge in [-0.3, -0.25) is 4.79 Å². The standard InChI is InChI=1S/C26H30N4O3S/c1-20-25(21(2)30(28-20)23-12-6-5-7-13-23)15-16-26(31)27-22-11-10-14-24(19-22)34(32,33)29-17-8-3-4-9-18-29/h5-7,10-16,19H,3-4,8-9,17-18H2,1-2H3,(H,27,31)/b16-15+. The Bertz CT molecular complexity index is 1290. The van der Waals surface area contributed by atoms with Gasteiger partial charge >= 0.3 is 0 Å². The van der Waals surface area contributed by atoms with Gasteiger partial charge in [-0.15, -0.1) is 0 Å².